The van der Waals surface area contributed by atoms with Gasteiger partial charge in [0, 0.05) is 147 Å². The van der Waals surface area contributed by atoms with Gasteiger partial charge in [-0.15, -0.1) is 0 Å². The molecule has 3 aromatic heterocycles. The molecule has 6 saturated heterocycles. The van der Waals surface area contributed by atoms with Gasteiger partial charge in [-0.25, -0.2) is 24.1 Å². The number of aromatic nitrogens is 6. The lowest BCUT2D eigenvalue weighted by atomic mass is 9.99. The molecule has 0 radical (unpaired) electrons. The Morgan fingerprint density at radius 1 is 0.438 bits per heavy atom. The van der Waals surface area contributed by atoms with E-state index in [1.807, 2.05) is 18.2 Å². The van der Waals surface area contributed by atoms with Crippen LogP contribution < -0.4 is 43.6 Å². The molecule has 6 aromatic carbocycles. The lowest BCUT2D eigenvalue weighted by Crippen LogP contribution is -2.57. The van der Waals surface area contributed by atoms with Gasteiger partial charge in [-0.2, -0.15) is 83.9 Å². The maximum absolute atomic E-state index is 13.8. The normalized spacial score (nSPS) is 20.2. The summed E-state index contributed by atoms with van der Waals surface area (Å²) in [5.41, 5.74) is 10.9. The Morgan fingerprint density at radius 3 is 1.19 bits per heavy atom. The number of halogens is 2. The van der Waals surface area contributed by atoms with Gasteiger partial charge in [0.05, 0.1) is 41.7 Å². The number of piperazine rings is 3. The Labute approximate surface area is 795 Å². The number of hydrogen-bond acceptors (Lipinski definition) is 21. The number of aryl methyl sites for hydroxylation is 1. The Kier molecular flexibility index (Phi) is 33.9. The van der Waals surface area contributed by atoms with Crippen LogP contribution in [-0.2, 0) is 53.3 Å². The lowest BCUT2D eigenvalue weighted by Gasteiger charge is -2.41. The van der Waals surface area contributed by atoms with Crippen LogP contribution in [0.25, 0.3) is 46.9 Å². The van der Waals surface area contributed by atoms with Crippen molar-refractivity contribution in [2.75, 3.05) is 188 Å². The van der Waals surface area contributed by atoms with Gasteiger partial charge < -0.3 is 87.5 Å². The summed E-state index contributed by atoms with van der Waals surface area (Å²) in [4.78, 5) is 104. The highest BCUT2D eigenvalue weighted by Crippen LogP contribution is 2.42. The average molecular weight is 1860 g/mol. The number of hydrogen-bond donors (Lipinski definition) is 0. The van der Waals surface area contributed by atoms with E-state index in [1.54, 1.807) is 9.80 Å². The van der Waals surface area contributed by atoms with Crippen molar-refractivity contribution in [1.82, 2.24) is 59.3 Å². The van der Waals surface area contributed by atoms with Gasteiger partial charge in [0.25, 0.3) is 5.91 Å². The van der Waals surface area contributed by atoms with E-state index < -0.39 is 17.8 Å². The number of fused-ring (bicyclic) bond motifs is 6. The van der Waals surface area contributed by atoms with Gasteiger partial charge in [-0.05, 0) is 164 Å². The molecule has 0 N–H and O–H groups in total. The molecule has 6 atom stereocenters. The maximum atomic E-state index is 13.8. The molecule has 33 heteroatoms. The number of carbonyl (C=O) groups excluding carboxylic acids is 3. The summed E-state index contributed by atoms with van der Waals surface area (Å²) in [6.45, 7) is 49.3. The summed E-state index contributed by atoms with van der Waals surface area (Å²) in [6, 6.07) is 41.3. The van der Waals surface area contributed by atoms with E-state index in [9.17, 15) is 18.8 Å². The zero-order valence-corrected chi connectivity index (χ0v) is 79.4. The molecule has 686 valence electrons. The summed E-state index contributed by atoms with van der Waals surface area (Å²) in [7, 11) is 6.40. The highest BCUT2D eigenvalue weighted by Gasteiger charge is 2.41. The summed E-state index contributed by atoms with van der Waals surface area (Å²) in [5.74, 6) is 0.497. The molecular formula is C97H119ClFN21O6S4. The van der Waals surface area contributed by atoms with E-state index in [0.717, 1.165) is 145 Å². The van der Waals surface area contributed by atoms with Crippen molar-refractivity contribution < 1.29 is 33.0 Å². The second kappa shape index (κ2) is 44.8. The second-order valence-electron chi connectivity index (χ2n) is 34.3. The van der Waals surface area contributed by atoms with E-state index >= 15 is 0 Å². The fraction of sp³-hybridized carbons (Fsp3) is 0.443. The third kappa shape index (κ3) is 21.7. The third-order valence-electron chi connectivity index (χ3n) is 26.7. The first-order valence-electron chi connectivity index (χ1n) is 44.2. The van der Waals surface area contributed by atoms with Crippen LogP contribution in [0, 0.1) is 26.6 Å². The summed E-state index contributed by atoms with van der Waals surface area (Å²) < 4.78 is 32.6. The molecule has 0 unspecified atom stereocenters. The number of anilines is 6. The van der Waals surface area contributed by atoms with Crippen molar-refractivity contribution in [3.8, 4) is 18.0 Å². The summed E-state index contributed by atoms with van der Waals surface area (Å²) >= 11 is 6.68. The molecule has 9 aromatic rings. The number of benzene rings is 6. The minimum Gasteiger partial charge on any atom is -0.462 e. The second-order valence-corrected chi connectivity index (χ2v) is 34.7. The molecule has 18 rings (SSSR count). The minimum atomic E-state index is -1.01. The number of rotatable bonds is 21. The Bertz CT molecular complexity index is 5710. The minimum absolute atomic E-state index is 0. The zero-order valence-electron chi connectivity index (χ0n) is 74.6. The number of ether oxygens (including phenoxy) is 3. The highest BCUT2D eigenvalue weighted by atomic mass is 35.5. The molecule has 0 spiro atoms. The molecule has 27 nitrogen and oxygen atoms in total. The average Bonchev–Trinajstić information content (AvgIpc) is 1.11. The largest absolute Gasteiger partial charge is 0.462 e. The fourth-order valence-electron chi connectivity index (χ4n) is 19.8. The number of likely N-dealkylation sites (tertiary alicyclic amines) is 3. The molecule has 0 aliphatic carbocycles. The third-order valence-corrected chi connectivity index (χ3v) is 27.0. The Hall–Kier alpha value is -10.9. The fourth-order valence-corrected chi connectivity index (χ4v) is 20.1. The molecule has 9 aliphatic heterocycles. The van der Waals surface area contributed by atoms with Gasteiger partial charge in [-0.3, -0.25) is 14.4 Å². The van der Waals surface area contributed by atoms with Gasteiger partial charge in [0.2, 0.25) is 31.4 Å². The van der Waals surface area contributed by atoms with Crippen LogP contribution in [0.1, 0.15) is 77.9 Å². The van der Waals surface area contributed by atoms with Gasteiger partial charge in [0.15, 0.2) is 5.83 Å². The van der Waals surface area contributed by atoms with Crippen molar-refractivity contribution in [3.63, 3.8) is 0 Å². The Balaban J connectivity index is 0.000000174. The van der Waals surface area contributed by atoms with Gasteiger partial charge in [0.1, 0.15) is 55.4 Å². The highest BCUT2D eigenvalue weighted by molar-refractivity contribution is 7.59. The molecule has 3 amide bonds. The van der Waals surface area contributed by atoms with Crippen molar-refractivity contribution in [2.24, 2.45) is 0 Å². The molecule has 0 saturated carbocycles. The van der Waals surface area contributed by atoms with Crippen molar-refractivity contribution >= 4 is 150 Å². The van der Waals surface area contributed by atoms with Gasteiger partial charge in [-0.1, -0.05) is 122 Å². The van der Waals surface area contributed by atoms with E-state index in [-0.39, 0.29) is 104 Å². The summed E-state index contributed by atoms with van der Waals surface area (Å²) in [6.07, 6.45) is 11.8. The number of carbonyl (C=O) groups is 3. The van der Waals surface area contributed by atoms with Crippen LogP contribution in [0.4, 0.5) is 38.9 Å². The van der Waals surface area contributed by atoms with Crippen LogP contribution in [0.3, 0.4) is 0 Å². The topological polar surface area (TPSA) is 208 Å². The quantitative estimate of drug-likeness (QED) is 0.0484. The van der Waals surface area contributed by atoms with Crippen molar-refractivity contribution in [3.05, 3.63) is 232 Å². The standard InChI is InChI=1S/C33H39N7O2.C32H35ClFN7O2.C32H37N7O2.4H2S/c1-5-30(41)40-18-17-39(20-26(40)19-34-3)32-27-14-16-38(29-13-7-11-24-10-6-9-23(2)31(24)29)21-28(27)35-33(36-32)42-22-25-12-8-15-37(25)4;1-21(34)31(42)41-16-15-40(18-24(41)17-35-2)30-25-12-14-39(28-11-5-8-22-7-4-10-26(33)29(22)28)19-27(25)36-32(37-30)43-20-23-9-6-13-38(23)3;1-4-30(40)39-18-17-38(20-25(39)19-33-2)31-27-14-16-37(29-13-7-10-23-9-5-6-12-26(23)29)21-28(27)34-32(35-31)41-22-24-11-8-15-36(24)3;;;;/h5-7,9-11,13,25-26H,1,8,12,14-22H2,2,4H3;4-5,7-8,10-11,23-24H,1,6,9,12-20H2,3H3;4-7,9-10,12-13,24-25H,1,8,11,14-22H2,3H3;4*1H2/t25-,26-;23-,24-;24-,25-;;;;/m000..../s1. The molecule has 130 heavy (non-hydrogen) atoms. The monoisotopic (exact) mass is 1860 g/mol. The molecule has 6 fully saturated rings. The summed E-state index contributed by atoms with van der Waals surface area (Å²) in [5, 5.41) is 7.79. The predicted octanol–water partition coefficient (Wildman–Crippen LogP) is 13.1. The predicted molar refractivity (Wildman–Crippen MR) is 535 cm³/mol. The molecule has 9 aliphatic rings. The number of nitrogens with zero attached hydrogens (tertiary/aromatic N) is 21. The van der Waals surface area contributed by atoms with Crippen LogP contribution in [0.2, 0.25) is 5.02 Å². The van der Waals surface area contributed by atoms with Gasteiger partial charge >= 0.3 is 18.0 Å². The van der Waals surface area contributed by atoms with Crippen molar-refractivity contribution in [1.29, 1.82) is 0 Å². The van der Waals surface area contributed by atoms with E-state index in [1.165, 1.54) is 68.4 Å². The van der Waals surface area contributed by atoms with Crippen LogP contribution in [-0.4, -0.2) is 272 Å². The number of amides is 3. The lowest BCUT2D eigenvalue weighted by molar-refractivity contribution is -0.131. The first-order chi connectivity index (χ1) is 61.3. The zero-order chi connectivity index (χ0) is 87.6. The van der Waals surface area contributed by atoms with Crippen LogP contribution in [0.15, 0.2) is 153 Å². The van der Waals surface area contributed by atoms with E-state index in [0.29, 0.717) is 139 Å². The van der Waals surface area contributed by atoms with Crippen LogP contribution >= 0.6 is 65.6 Å². The first-order valence-corrected chi connectivity index (χ1v) is 44.6. The molecule has 0 bridgehead atoms. The Morgan fingerprint density at radius 2 is 0.792 bits per heavy atom. The maximum Gasteiger partial charge on any atom is 0.318 e. The van der Waals surface area contributed by atoms with Crippen molar-refractivity contribution in [2.45, 2.75) is 121 Å². The first kappa shape index (κ1) is 98.2. The SMILES string of the molecule is S.S.S.S.[C-]#[N+]C[C@H]1CN(c2nc(OC[C@@H]3CCCN3C)nc3c2CCN(c2cccc4cccc(C)c24)C3)CCN1C(=O)C=C.[C-]#[N+]C[C@H]1CN(c2nc(OC[C@@H]3CCCN3C)nc3c2CCN(c2cccc4cccc(Cl)c24)C3)CCN1C(=O)C(=C)F.[C-]#[N+]C[C@H]1CN(c2nc(OC[C@@H]3CCCN3C)nc3c2CCN(c2cccc4ccccc24)C3)CCN1C(=O)C=C. The number of likely N-dealkylation sites (N-methyl/N-ethyl adjacent to an activating group) is 3. The van der Waals surface area contributed by atoms with E-state index in [4.69, 9.17) is 75.4 Å². The van der Waals surface area contributed by atoms with Crippen LogP contribution in [0.5, 0.6) is 18.0 Å². The molecule has 12 heterocycles. The smallest absolute Gasteiger partial charge is 0.318 e. The van der Waals surface area contributed by atoms with E-state index in [2.05, 4.69) is 203 Å². The molecular weight excluding hydrogens is 1740 g/mol.